The van der Waals surface area contributed by atoms with E-state index in [1.165, 1.54) is 15.9 Å². The molecule has 0 N–H and O–H groups in total. The highest BCUT2D eigenvalue weighted by molar-refractivity contribution is 7.07. The van der Waals surface area contributed by atoms with E-state index in [0.29, 0.717) is 55.7 Å². The van der Waals surface area contributed by atoms with Crippen molar-refractivity contribution >= 4 is 35.0 Å². The Morgan fingerprint density at radius 3 is 2.63 bits per heavy atom. The second-order valence-corrected chi connectivity index (χ2v) is 9.91. The van der Waals surface area contributed by atoms with Gasteiger partial charge in [0.05, 0.1) is 29.5 Å². The molecule has 0 bridgehead atoms. The van der Waals surface area contributed by atoms with E-state index >= 15 is 0 Å². The van der Waals surface area contributed by atoms with Gasteiger partial charge in [-0.3, -0.25) is 9.36 Å². The van der Waals surface area contributed by atoms with Crippen LogP contribution in [-0.2, 0) is 9.53 Å². The summed E-state index contributed by atoms with van der Waals surface area (Å²) in [4.78, 5) is 32.5. The molecule has 0 radical (unpaired) electrons. The third-order valence-electron chi connectivity index (χ3n) is 5.92. The van der Waals surface area contributed by atoms with Crippen molar-refractivity contribution in [1.82, 2.24) is 4.57 Å². The van der Waals surface area contributed by atoms with Gasteiger partial charge >= 0.3 is 5.97 Å². The standard InChI is InChI=1S/C29H29ClN2O5S/c1-5-8-22-25(28(34)36-7-3)26(21-17-19(30)11-14-23(21)35-4)32-27(33)24(38-29(32)31-22)16-18-9-12-20(13-10-18)37-15-6-2/h6,9-14,16-17,26H,2,5,7-8,15H2,1,3-4H3/b24-16+/t26-/m0/s1. The molecule has 1 aliphatic rings. The van der Waals surface area contributed by atoms with Gasteiger partial charge < -0.3 is 14.2 Å². The van der Waals surface area contributed by atoms with E-state index in [-0.39, 0.29) is 12.2 Å². The van der Waals surface area contributed by atoms with Gasteiger partial charge in [0.1, 0.15) is 24.1 Å². The number of aromatic nitrogens is 1. The van der Waals surface area contributed by atoms with Gasteiger partial charge in [-0.05, 0) is 55.3 Å². The quantitative estimate of drug-likeness (QED) is 0.266. The van der Waals surface area contributed by atoms with Crippen LogP contribution in [-0.4, -0.2) is 30.9 Å². The van der Waals surface area contributed by atoms with Crippen LogP contribution in [0.1, 0.15) is 43.9 Å². The molecule has 0 spiro atoms. The topological polar surface area (TPSA) is 79.1 Å². The number of thiazole rings is 1. The number of hydrogen-bond donors (Lipinski definition) is 0. The lowest BCUT2D eigenvalue weighted by Crippen LogP contribution is -2.40. The van der Waals surface area contributed by atoms with E-state index in [0.717, 1.165) is 12.0 Å². The zero-order chi connectivity index (χ0) is 27.2. The van der Waals surface area contributed by atoms with Gasteiger partial charge in [-0.15, -0.1) is 0 Å². The molecule has 9 heteroatoms. The lowest BCUT2D eigenvalue weighted by atomic mass is 9.93. The lowest BCUT2D eigenvalue weighted by molar-refractivity contribution is -0.139. The average Bonchev–Trinajstić information content (AvgIpc) is 3.22. The molecule has 0 amide bonds. The molecule has 2 heterocycles. The van der Waals surface area contributed by atoms with Crippen LogP contribution in [0, 0.1) is 0 Å². The number of ether oxygens (including phenoxy) is 3. The number of carbonyl (C=O) groups excluding carboxylic acids is 1. The van der Waals surface area contributed by atoms with E-state index in [2.05, 4.69) is 6.58 Å². The van der Waals surface area contributed by atoms with Crippen LogP contribution in [0.4, 0.5) is 0 Å². The Labute approximate surface area is 230 Å². The summed E-state index contributed by atoms with van der Waals surface area (Å²) in [6.07, 6.45) is 4.79. The minimum atomic E-state index is -0.808. The first-order chi connectivity index (χ1) is 18.4. The monoisotopic (exact) mass is 552 g/mol. The van der Waals surface area contributed by atoms with Gasteiger partial charge in [0.2, 0.25) is 0 Å². The van der Waals surface area contributed by atoms with E-state index in [1.807, 2.05) is 31.2 Å². The highest BCUT2D eigenvalue weighted by atomic mass is 35.5. The summed E-state index contributed by atoms with van der Waals surface area (Å²) in [5.74, 6) is 0.694. The van der Waals surface area contributed by atoms with Gasteiger partial charge in [-0.1, -0.05) is 61.1 Å². The van der Waals surface area contributed by atoms with Crippen LogP contribution in [0.2, 0.25) is 5.02 Å². The first-order valence-electron chi connectivity index (χ1n) is 12.3. The number of rotatable bonds is 10. The molecule has 0 fully saturated rings. The molecule has 7 nitrogen and oxygen atoms in total. The summed E-state index contributed by atoms with van der Waals surface area (Å²) < 4.78 is 18.6. The summed E-state index contributed by atoms with van der Waals surface area (Å²) in [5, 5.41) is 0.457. The zero-order valence-electron chi connectivity index (χ0n) is 21.5. The molecule has 0 saturated carbocycles. The third kappa shape index (κ3) is 5.61. The molecular weight excluding hydrogens is 524 g/mol. The summed E-state index contributed by atoms with van der Waals surface area (Å²) in [5.41, 5.74) is 2.05. The van der Waals surface area contributed by atoms with Crippen LogP contribution in [0.15, 0.2) is 76.2 Å². The van der Waals surface area contributed by atoms with E-state index in [4.69, 9.17) is 30.8 Å². The van der Waals surface area contributed by atoms with Crippen LogP contribution < -0.4 is 24.4 Å². The van der Waals surface area contributed by atoms with Crippen LogP contribution in [0.3, 0.4) is 0 Å². The van der Waals surface area contributed by atoms with Crippen molar-refractivity contribution < 1.29 is 19.0 Å². The van der Waals surface area contributed by atoms with E-state index in [9.17, 15) is 9.59 Å². The van der Waals surface area contributed by atoms with Crippen molar-refractivity contribution in [2.24, 2.45) is 4.99 Å². The normalized spacial score (nSPS) is 15.1. The number of nitrogens with zero attached hydrogens (tertiary/aromatic N) is 2. The van der Waals surface area contributed by atoms with Crippen molar-refractivity contribution in [3.8, 4) is 11.5 Å². The second kappa shape index (κ2) is 12.3. The Morgan fingerprint density at radius 2 is 1.97 bits per heavy atom. The van der Waals surface area contributed by atoms with Gasteiger partial charge in [0, 0.05) is 10.6 Å². The number of allylic oxidation sites excluding steroid dienone is 1. The van der Waals surface area contributed by atoms with E-state index < -0.39 is 12.0 Å². The molecule has 1 aromatic heterocycles. The predicted octanol–water partition coefficient (Wildman–Crippen LogP) is 4.81. The molecule has 0 unspecified atom stereocenters. The SMILES string of the molecule is C=CCOc1ccc(/C=c2/sc3n(c2=O)[C@@H](c2cc(Cl)ccc2OC)C(C(=O)OCC)=C(CCC)N=3)cc1. The Hall–Kier alpha value is -3.62. The Kier molecular flexibility index (Phi) is 8.86. The lowest BCUT2D eigenvalue weighted by Gasteiger charge is -2.27. The molecular formula is C29H29ClN2O5S. The van der Waals surface area contributed by atoms with Gasteiger partial charge in [-0.25, -0.2) is 9.79 Å². The van der Waals surface area contributed by atoms with Crippen LogP contribution >= 0.6 is 22.9 Å². The van der Waals surface area contributed by atoms with Gasteiger partial charge in [0.25, 0.3) is 5.56 Å². The molecule has 3 aromatic rings. The first kappa shape index (κ1) is 27.4. The van der Waals surface area contributed by atoms with E-state index in [1.54, 1.807) is 44.4 Å². The smallest absolute Gasteiger partial charge is 0.338 e. The second-order valence-electron chi connectivity index (χ2n) is 8.47. The maximum atomic E-state index is 13.9. The molecule has 0 saturated heterocycles. The summed E-state index contributed by atoms with van der Waals surface area (Å²) >= 11 is 7.66. The highest BCUT2D eigenvalue weighted by Crippen LogP contribution is 2.38. The zero-order valence-corrected chi connectivity index (χ0v) is 23.1. The van der Waals surface area contributed by atoms with Crippen molar-refractivity contribution in [3.63, 3.8) is 0 Å². The Morgan fingerprint density at radius 1 is 1.21 bits per heavy atom. The first-order valence-corrected chi connectivity index (χ1v) is 13.5. The largest absolute Gasteiger partial charge is 0.496 e. The molecule has 38 heavy (non-hydrogen) atoms. The maximum Gasteiger partial charge on any atom is 0.338 e. The van der Waals surface area contributed by atoms with Crippen LogP contribution in [0.5, 0.6) is 11.5 Å². The minimum Gasteiger partial charge on any atom is -0.496 e. The Bertz CT molecular complexity index is 1550. The number of methoxy groups -OCH3 is 1. The van der Waals surface area contributed by atoms with Crippen molar-refractivity contribution in [1.29, 1.82) is 0 Å². The van der Waals surface area contributed by atoms with Gasteiger partial charge in [-0.2, -0.15) is 0 Å². The molecule has 2 aromatic carbocycles. The molecule has 1 aliphatic heterocycles. The number of benzene rings is 2. The Balaban J connectivity index is 1.95. The fourth-order valence-electron chi connectivity index (χ4n) is 4.30. The fraction of sp³-hybridized carbons (Fsp3) is 0.276. The van der Waals surface area contributed by atoms with Crippen molar-refractivity contribution in [2.75, 3.05) is 20.3 Å². The van der Waals surface area contributed by atoms with Gasteiger partial charge in [0.15, 0.2) is 4.80 Å². The number of hydrogen-bond acceptors (Lipinski definition) is 7. The van der Waals surface area contributed by atoms with Crippen LogP contribution in [0.25, 0.3) is 6.08 Å². The molecule has 198 valence electrons. The molecule has 4 rings (SSSR count). The molecule has 0 aliphatic carbocycles. The predicted molar refractivity (Wildman–Crippen MR) is 150 cm³/mol. The number of esters is 1. The number of fused-ring (bicyclic) bond motifs is 1. The number of halogens is 1. The third-order valence-corrected chi connectivity index (χ3v) is 7.14. The number of carbonyl (C=O) groups is 1. The molecule has 1 atom stereocenters. The maximum absolute atomic E-state index is 13.9. The van der Waals surface area contributed by atoms with Crippen molar-refractivity contribution in [2.45, 2.75) is 32.7 Å². The van der Waals surface area contributed by atoms with Crippen molar-refractivity contribution in [3.05, 3.63) is 102 Å². The highest BCUT2D eigenvalue weighted by Gasteiger charge is 2.36. The fourth-order valence-corrected chi connectivity index (χ4v) is 5.50. The summed E-state index contributed by atoms with van der Waals surface area (Å²) in [6, 6.07) is 11.8. The summed E-state index contributed by atoms with van der Waals surface area (Å²) in [6.45, 7) is 8.02. The summed E-state index contributed by atoms with van der Waals surface area (Å²) in [7, 11) is 1.54. The minimum absolute atomic E-state index is 0.193. The average molecular weight is 553 g/mol.